The van der Waals surface area contributed by atoms with E-state index in [0.717, 1.165) is 0 Å². The highest BCUT2D eigenvalue weighted by atomic mass is 35.5. The fourth-order valence-corrected chi connectivity index (χ4v) is 3.47. The van der Waals surface area contributed by atoms with Crippen LogP contribution in [-0.4, -0.2) is 43.8 Å². The average Bonchev–Trinajstić information content (AvgIpc) is 3.13. The maximum atomic E-state index is 13.3. The zero-order valence-electron chi connectivity index (χ0n) is 13.9. The number of fused-ring (bicyclic) bond motifs is 2. The lowest BCUT2D eigenvalue weighted by molar-refractivity contribution is -0.141. The van der Waals surface area contributed by atoms with Crippen LogP contribution in [-0.2, 0) is 11.2 Å². The van der Waals surface area contributed by atoms with E-state index < -0.39 is 29.6 Å². The lowest BCUT2D eigenvalue weighted by atomic mass is 10.1. The first-order valence-corrected chi connectivity index (χ1v) is 8.75. The van der Waals surface area contributed by atoms with Crippen LogP contribution in [0.15, 0.2) is 30.3 Å². The molecule has 0 fully saturated rings. The molecule has 0 spiro atoms. The van der Waals surface area contributed by atoms with Gasteiger partial charge in [0.05, 0.1) is 32.2 Å². The Morgan fingerprint density at radius 2 is 1.75 bits per heavy atom. The van der Waals surface area contributed by atoms with Crippen molar-refractivity contribution in [1.82, 2.24) is 14.9 Å². The monoisotopic (exact) mass is 421 g/mol. The molecule has 0 saturated carbocycles. The Morgan fingerprint density at radius 1 is 1.14 bits per heavy atom. The van der Waals surface area contributed by atoms with E-state index in [1.165, 1.54) is 30.3 Å². The molecule has 2 aromatic carbocycles. The maximum Gasteiger partial charge on any atom is 0.327 e. The number of carboxylic acid groups (broad SMARTS) is 1. The first-order valence-electron chi connectivity index (χ1n) is 8.00. The van der Waals surface area contributed by atoms with E-state index in [4.69, 9.17) is 23.2 Å². The number of hydrogen-bond donors (Lipinski definition) is 2. The topological polar surface area (TPSA) is 103 Å². The fourth-order valence-electron chi connectivity index (χ4n) is 3.14. The second-order valence-electron chi connectivity index (χ2n) is 6.20. The molecule has 2 amide bonds. The van der Waals surface area contributed by atoms with Gasteiger partial charge in [-0.3, -0.25) is 14.5 Å². The Balaban J connectivity index is 1.71. The van der Waals surface area contributed by atoms with Gasteiger partial charge in [-0.15, -0.1) is 0 Å². The van der Waals surface area contributed by atoms with Crippen LogP contribution in [0.1, 0.15) is 26.5 Å². The van der Waals surface area contributed by atoms with Gasteiger partial charge in [-0.2, -0.15) is 0 Å². The molecule has 2 heterocycles. The summed E-state index contributed by atoms with van der Waals surface area (Å²) in [6.45, 7) is 0. The molecule has 1 aliphatic rings. The van der Waals surface area contributed by atoms with E-state index in [1.54, 1.807) is 0 Å². The molecular weight excluding hydrogens is 412 g/mol. The number of aliphatic carboxylic acids is 1. The molecule has 1 atom stereocenters. The number of hydrogen-bond acceptors (Lipinski definition) is 4. The number of benzene rings is 2. The number of halogens is 3. The number of nitrogens with zero attached hydrogens (tertiary/aromatic N) is 2. The fraction of sp³-hybridized carbons (Fsp3) is 0.111. The number of imide groups is 1. The summed E-state index contributed by atoms with van der Waals surface area (Å²) in [5.41, 5.74) is 0.774. The smallest absolute Gasteiger partial charge is 0.327 e. The van der Waals surface area contributed by atoms with Crippen molar-refractivity contribution in [1.29, 1.82) is 0 Å². The third kappa shape index (κ3) is 2.90. The SMILES string of the molecule is O=C(O)[C@@H](Cc1nc2ccc(F)cc2[nH]1)N1C(=O)c2cc(Cl)c(Cl)cc2C1=O. The van der Waals surface area contributed by atoms with E-state index in [1.807, 2.05) is 0 Å². The van der Waals surface area contributed by atoms with Gasteiger partial charge in [-0.25, -0.2) is 14.2 Å². The zero-order chi connectivity index (χ0) is 20.2. The molecule has 0 radical (unpaired) electrons. The summed E-state index contributed by atoms with van der Waals surface area (Å²) in [6.07, 6.45) is -0.279. The highest BCUT2D eigenvalue weighted by Crippen LogP contribution is 2.33. The summed E-state index contributed by atoms with van der Waals surface area (Å²) in [5.74, 6) is -3.24. The third-order valence-electron chi connectivity index (χ3n) is 4.44. The second kappa shape index (κ2) is 6.57. The summed E-state index contributed by atoms with van der Waals surface area (Å²) in [6, 6.07) is 4.83. The molecule has 1 aromatic heterocycles. The predicted octanol–water partition coefficient (Wildman–Crippen LogP) is 3.30. The van der Waals surface area contributed by atoms with Crippen LogP contribution in [0, 0.1) is 5.82 Å². The summed E-state index contributed by atoms with van der Waals surface area (Å²) in [5, 5.41) is 9.79. The van der Waals surface area contributed by atoms with E-state index in [2.05, 4.69) is 9.97 Å². The molecule has 28 heavy (non-hydrogen) atoms. The normalized spacial score (nSPS) is 14.6. The van der Waals surface area contributed by atoms with Crippen molar-refractivity contribution in [2.75, 3.05) is 0 Å². The van der Waals surface area contributed by atoms with Gasteiger partial charge < -0.3 is 10.1 Å². The van der Waals surface area contributed by atoms with Crippen LogP contribution in [0.2, 0.25) is 10.0 Å². The van der Waals surface area contributed by atoms with Crippen LogP contribution in [0.3, 0.4) is 0 Å². The van der Waals surface area contributed by atoms with E-state index in [9.17, 15) is 23.9 Å². The number of carbonyl (C=O) groups is 3. The molecule has 0 saturated heterocycles. The Bertz CT molecular complexity index is 1140. The lowest BCUT2D eigenvalue weighted by Crippen LogP contribution is -2.46. The largest absolute Gasteiger partial charge is 0.480 e. The Labute approximate surface area is 166 Å². The second-order valence-corrected chi connectivity index (χ2v) is 7.01. The molecule has 0 aliphatic carbocycles. The molecule has 1 aliphatic heterocycles. The van der Waals surface area contributed by atoms with Gasteiger partial charge in [-0.05, 0) is 30.3 Å². The summed E-state index contributed by atoms with van der Waals surface area (Å²) in [4.78, 5) is 44.9. The quantitative estimate of drug-likeness (QED) is 0.628. The first kappa shape index (κ1) is 18.4. The van der Waals surface area contributed by atoms with E-state index in [-0.39, 0.29) is 33.4 Å². The first-order chi connectivity index (χ1) is 13.3. The average molecular weight is 422 g/mol. The minimum Gasteiger partial charge on any atom is -0.480 e. The molecule has 10 heteroatoms. The van der Waals surface area contributed by atoms with Crippen molar-refractivity contribution in [2.24, 2.45) is 0 Å². The van der Waals surface area contributed by atoms with Gasteiger partial charge in [0.15, 0.2) is 0 Å². The van der Waals surface area contributed by atoms with Crippen LogP contribution in [0.25, 0.3) is 11.0 Å². The standard InChI is InChI=1S/C18H10Cl2FN3O4/c19-10-4-8-9(5-11(10)20)17(26)24(16(8)25)14(18(27)28)6-15-22-12-2-1-7(21)3-13(12)23-15/h1-5,14H,6H2,(H,22,23)(H,27,28)/t14-/m1/s1. The molecule has 0 unspecified atom stereocenters. The number of carbonyl (C=O) groups excluding carboxylic acids is 2. The number of nitrogens with one attached hydrogen (secondary N) is 1. The van der Waals surface area contributed by atoms with Crippen LogP contribution < -0.4 is 0 Å². The van der Waals surface area contributed by atoms with Crippen molar-refractivity contribution in [3.63, 3.8) is 0 Å². The van der Waals surface area contributed by atoms with Gasteiger partial charge in [0.25, 0.3) is 11.8 Å². The molecule has 3 aromatic rings. The van der Waals surface area contributed by atoms with Gasteiger partial charge >= 0.3 is 5.97 Å². The van der Waals surface area contributed by atoms with Crippen molar-refractivity contribution < 1.29 is 23.9 Å². The number of rotatable bonds is 4. The summed E-state index contributed by atoms with van der Waals surface area (Å²) < 4.78 is 13.3. The van der Waals surface area contributed by atoms with Gasteiger partial charge in [0.2, 0.25) is 0 Å². The molecule has 7 nitrogen and oxygen atoms in total. The van der Waals surface area contributed by atoms with Crippen molar-refractivity contribution in [3.8, 4) is 0 Å². The van der Waals surface area contributed by atoms with E-state index >= 15 is 0 Å². The third-order valence-corrected chi connectivity index (χ3v) is 5.16. The van der Waals surface area contributed by atoms with Crippen molar-refractivity contribution in [2.45, 2.75) is 12.5 Å². The van der Waals surface area contributed by atoms with Crippen LogP contribution in [0.4, 0.5) is 4.39 Å². The van der Waals surface area contributed by atoms with Crippen molar-refractivity contribution in [3.05, 3.63) is 63.1 Å². The lowest BCUT2D eigenvalue weighted by Gasteiger charge is -2.21. The molecular formula is C18H10Cl2FN3O4. The number of aromatic amines is 1. The van der Waals surface area contributed by atoms with Gasteiger partial charge in [0.1, 0.15) is 17.7 Å². The minimum absolute atomic E-state index is 0.0164. The molecule has 142 valence electrons. The summed E-state index contributed by atoms with van der Waals surface area (Å²) in [7, 11) is 0. The highest BCUT2D eigenvalue weighted by Gasteiger charge is 2.43. The minimum atomic E-state index is -1.52. The number of carboxylic acids is 1. The number of amides is 2. The van der Waals surface area contributed by atoms with E-state index in [0.29, 0.717) is 15.9 Å². The van der Waals surface area contributed by atoms with Gasteiger partial charge in [-0.1, -0.05) is 23.2 Å². The predicted molar refractivity (Wildman–Crippen MR) is 98.1 cm³/mol. The maximum absolute atomic E-state index is 13.3. The van der Waals surface area contributed by atoms with Crippen LogP contribution in [0.5, 0.6) is 0 Å². The number of imidazole rings is 1. The Hall–Kier alpha value is -2.97. The molecule has 2 N–H and O–H groups in total. The summed E-state index contributed by atoms with van der Waals surface area (Å²) >= 11 is 11.8. The highest BCUT2D eigenvalue weighted by molar-refractivity contribution is 6.43. The van der Waals surface area contributed by atoms with Crippen LogP contribution >= 0.6 is 23.2 Å². The Morgan fingerprint density at radius 3 is 2.32 bits per heavy atom. The van der Waals surface area contributed by atoms with Crippen molar-refractivity contribution >= 4 is 52.0 Å². The molecule has 4 rings (SSSR count). The number of H-pyrrole nitrogens is 1. The zero-order valence-corrected chi connectivity index (χ0v) is 15.4. The Kier molecular flexibility index (Phi) is 4.32. The molecule has 0 bridgehead atoms. The van der Waals surface area contributed by atoms with Gasteiger partial charge in [0, 0.05) is 6.42 Å². The number of aromatic nitrogens is 2.